The Bertz CT molecular complexity index is 1310. The summed E-state index contributed by atoms with van der Waals surface area (Å²) in [5.74, 6) is -0.600. The van der Waals surface area contributed by atoms with E-state index in [9.17, 15) is 28.2 Å². The lowest BCUT2D eigenvalue weighted by Gasteiger charge is -2.46. The van der Waals surface area contributed by atoms with Gasteiger partial charge in [-0.3, -0.25) is 4.79 Å². The van der Waals surface area contributed by atoms with Crippen LogP contribution in [0.3, 0.4) is 0 Å². The van der Waals surface area contributed by atoms with Gasteiger partial charge in [0.15, 0.2) is 5.78 Å². The van der Waals surface area contributed by atoms with Crippen LogP contribution in [0, 0.1) is 5.41 Å². The molecular formula is C35H44F3NO3. The zero-order chi connectivity index (χ0) is 30.1. The maximum atomic E-state index is 14.1. The number of hydrogen-bond acceptors (Lipinski definition) is 4. The molecule has 4 nitrogen and oxygen atoms in total. The Labute approximate surface area is 247 Å². The van der Waals surface area contributed by atoms with Crippen LogP contribution in [0.1, 0.15) is 110 Å². The molecule has 2 aromatic rings. The van der Waals surface area contributed by atoms with E-state index in [0.717, 1.165) is 68.5 Å². The normalized spacial score (nSPS) is 29.5. The lowest BCUT2D eigenvalue weighted by atomic mass is 9.64. The Morgan fingerprint density at radius 1 is 1.05 bits per heavy atom. The number of benzene rings is 2. The van der Waals surface area contributed by atoms with E-state index in [1.165, 1.54) is 24.1 Å². The first kappa shape index (κ1) is 31.0. The van der Waals surface area contributed by atoms with Gasteiger partial charge in [0.2, 0.25) is 0 Å². The van der Waals surface area contributed by atoms with Crippen LogP contribution in [0.2, 0.25) is 0 Å². The van der Waals surface area contributed by atoms with Gasteiger partial charge >= 0.3 is 6.18 Å². The number of alkyl halides is 3. The topological polar surface area (TPSA) is 60.8 Å². The number of carbonyl (C=O) groups excluding carboxylic acids is 1. The zero-order valence-corrected chi connectivity index (χ0v) is 24.8. The van der Waals surface area contributed by atoms with E-state index in [1.54, 1.807) is 6.07 Å². The molecule has 2 fully saturated rings. The van der Waals surface area contributed by atoms with Gasteiger partial charge in [0.05, 0.1) is 17.3 Å². The summed E-state index contributed by atoms with van der Waals surface area (Å²) < 4.78 is 40.7. The minimum absolute atomic E-state index is 0.00766. The number of halogens is 3. The molecule has 4 atom stereocenters. The van der Waals surface area contributed by atoms with Gasteiger partial charge in [-0.05, 0) is 113 Å². The summed E-state index contributed by atoms with van der Waals surface area (Å²) in [5.41, 5.74) is 0.793. The summed E-state index contributed by atoms with van der Waals surface area (Å²) in [4.78, 5) is 16.4. The molecule has 1 aliphatic heterocycles. The van der Waals surface area contributed by atoms with E-state index >= 15 is 0 Å². The molecule has 3 aliphatic carbocycles. The minimum Gasteiger partial charge on any atom is -0.393 e. The molecule has 0 spiro atoms. The van der Waals surface area contributed by atoms with Crippen LogP contribution < -0.4 is 0 Å². The molecule has 1 heterocycles. The number of aliphatic hydroxyl groups excluding tert-OH is 1. The number of likely N-dealkylation sites (tertiary alicyclic amines) is 1. The third-order valence-corrected chi connectivity index (χ3v) is 10.3. The van der Waals surface area contributed by atoms with Gasteiger partial charge < -0.3 is 15.1 Å². The second-order valence-corrected chi connectivity index (χ2v) is 13.2. The number of piperidine rings is 1. The summed E-state index contributed by atoms with van der Waals surface area (Å²) in [6.45, 7) is 6.77. The summed E-state index contributed by atoms with van der Waals surface area (Å²) in [6, 6.07) is 10.3. The quantitative estimate of drug-likeness (QED) is 0.290. The van der Waals surface area contributed by atoms with Crippen molar-refractivity contribution in [1.29, 1.82) is 0 Å². The van der Waals surface area contributed by atoms with E-state index < -0.39 is 34.6 Å². The number of carbonyl (C=O) groups is 1. The Hall–Kier alpha value is -2.48. The van der Waals surface area contributed by atoms with Gasteiger partial charge in [-0.1, -0.05) is 49.3 Å². The molecule has 1 saturated carbocycles. The molecule has 2 N–H and O–H groups in total. The number of fused-ring (bicyclic) bond motifs is 8. The van der Waals surface area contributed by atoms with Crippen LogP contribution in [0.15, 0.2) is 54.1 Å². The SMILES string of the molecule is CC1=CCC[C@@]2(C)[C@@H](CC[C@@]2(O)CN2CCCCC2)c2ccc(cc2C(=O)c2cccc(C(F)(F)F)c2)C[C@@H](O)CC1. The Morgan fingerprint density at radius 3 is 2.55 bits per heavy atom. The fourth-order valence-corrected chi connectivity index (χ4v) is 7.68. The van der Waals surface area contributed by atoms with Crippen LogP contribution in [0.25, 0.3) is 0 Å². The molecule has 0 aromatic heterocycles. The van der Waals surface area contributed by atoms with Gasteiger partial charge in [0, 0.05) is 23.1 Å². The van der Waals surface area contributed by atoms with Gasteiger partial charge in [-0.2, -0.15) is 13.2 Å². The van der Waals surface area contributed by atoms with Crippen molar-refractivity contribution in [2.45, 2.75) is 102 Å². The average Bonchev–Trinajstić information content (AvgIpc) is 3.20. The third-order valence-electron chi connectivity index (χ3n) is 10.3. The molecule has 0 amide bonds. The Kier molecular flexibility index (Phi) is 9.03. The maximum Gasteiger partial charge on any atom is 0.416 e. The van der Waals surface area contributed by atoms with E-state index in [-0.39, 0.29) is 11.5 Å². The number of hydrogen-bond donors (Lipinski definition) is 2. The molecule has 6 rings (SSSR count). The fourth-order valence-electron chi connectivity index (χ4n) is 7.68. The summed E-state index contributed by atoms with van der Waals surface area (Å²) in [5, 5.41) is 23.2. The molecule has 228 valence electrons. The predicted octanol–water partition coefficient (Wildman–Crippen LogP) is 7.46. The van der Waals surface area contributed by atoms with E-state index in [2.05, 4.69) is 24.8 Å². The molecule has 7 heteroatoms. The van der Waals surface area contributed by atoms with Crippen LogP contribution in [0.4, 0.5) is 13.2 Å². The molecular weight excluding hydrogens is 539 g/mol. The lowest BCUT2D eigenvalue weighted by molar-refractivity contribution is -0.137. The number of allylic oxidation sites excluding steroid dienone is 2. The van der Waals surface area contributed by atoms with Crippen molar-refractivity contribution in [3.05, 3.63) is 81.9 Å². The van der Waals surface area contributed by atoms with E-state index in [0.29, 0.717) is 37.8 Å². The molecule has 0 radical (unpaired) electrons. The highest BCUT2D eigenvalue weighted by Gasteiger charge is 2.57. The van der Waals surface area contributed by atoms with Crippen molar-refractivity contribution in [2.75, 3.05) is 19.6 Å². The number of ketones is 1. The number of β-amino-alcohol motifs (C(OH)–C–C–N with tert-alkyl or cyclic N) is 1. The highest BCUT2D eigenvalue weighted by atomic mass is 19.4. The monoisotopic (exact) mass is 583 g/mol. The van der Waals surface area contributed by atoms with Crippen molar-refractivity contribution < 1.29 is 28.2 Å². The summed E-state index contributed by atoms with van der Waals surface area (Å²) >= 11 is 0. The summed E-state index contributed by atoms with van der Waals surface area (Å²) in [6.07, 6.45) is 5.02. The standard InChI is InChI=1S/C35H44F3NO3/c1-24-8-7-16-33(2)31(15-17-34(33,42)23-39-18-4-3-5-19-39)29-14-12-25(20-28(40)13-11-24)21-30(29)32(41)26-9-6-10-27(22-26)35(36,37)38/h6,8-10,12,14,21-22,28,31,40,42H,3-5,7,11,13,15-20,23H2,1-2H3/t28-,31-,33-,34+/m0/s1. The molecule has 0 unspecified atom stereocenters. The number of aliphatic hydroxyl groups is 2. The zero-order valence-electron chi connectivity index (χ0n) is 24.8. The Balaban J connectivity index is 1.60. The van der Waals surface area contributed by atoms with Gasteiger partial charge in [-0.15, -0.1) is 0 Å². The van der Waals surface area contributed by atoms with Crippen molar-refractivity contribution in [3.63, 3.8) is 0 Å². The molecule has 2 bridgehead atoms. The highest BCUT2D eigenvalue weighted by Crippen LogP contribution is 2.59. The summed E-state index contributed by atoms with van der Waals surface area (Å²) in [7, 11) is 0. The van der Waals surface area contributed by atoms with Gasteiger partial charge in [-0.25, -0.2) is 0 Å². The van der Waals surface area contributed by atoms with Crippen LogP contribution in [-0.4, -0.2) is 52.2 Å². The maximum absolute atomic E-state index is 14.1. The average molecular weight is 584 g/mol. The third kappa shape index (κ3) is 6.39. The molecule has 2 aromatic carbocycles. The number of nitrogens with zero attached hydrogens (tertiary/aromatic N) is 1. The fraction of sp³-hybridized carbons (Fsp3) is 0.571. The second-order valence-electron chi connectivity index (χ2n) is 13.2. The highest BCUT2D eigenvalue weighted by molar-refractivity contribution is 6.10. The van der Waals surface area contributed by atoms with E-state index in [4.69, 9.17) is 0 Å². The first-order chi connectivity index (χ1) is 19.9. The van der Waals surface area contributed by atoms with Crippen LogP contribution in [-0.2, 0) is 12.6 Å². The molecule has 4 aliphatic rings. The van der Waals surface area contributed by atoms with E-state index in [1.807, 2.05) is 12.1 Å². The molecule has 42 heavy (non-hydrogen) atoms. The van der Waals surface area contributed by atoms with Crippen LogP contribution in [0.5, 0.6) is 0 Å². The van der Waals surface area contributed by atoms with Gasteiger partial charge in [0.1, 0.15) is 0 Å². The first-order valence-electron chi connectivity index (χ1n) is 15.5. The second kappa shape index (κ2) is 12.3. The first-order valence-corrected chi connectivity index (χ1v) is 15.5. The van der Waals surface area contributed by atoms with Gasteiger partial charge in [0.25, 0.3) is 0 Å². The van der Waals surface area contributed by atoms with Crippen LogP contribution >= 0.6 is 0 Å². The van der Waals surface area contributed by atoms with Crippen molar-refractivity contribution >= 4 is 5.78 Å². The predicted molar refractivity (Wildman–Crippen MR) is 159 cm³/mol. The minimum atomic E-state index is -4.56. The largest absolute Gasteiger partial charge is 0.416 e. The molecule has 1 saturated heterocycles. The Morgan fingerprint density at radius 2 is 1.81 bits per heavy atom. The number of rotatable bonds is 4. The smallest absolute Gasteiger partial charge is 0.393 e. The van der Waals surface area contributed by atoms with Crippen molar-refractivity contribution in [3.8, 4) is 0 Å². The van der Waals surface area contributed by atoms with Crippen molar-refractivity contribution in [2.24, 2.45) is 5.41 Å². The lowest BCUT2D eigenvalue weighted by Crippen LogP contribution is -2.53. The van der Waals surface area contributed by atoms with Crippen molar-refractivity contribution in [1.82, 2.24) is 4.90 Å².